The van der Waals surface area contributed by atoms with E-state index in [1.807, 2.05) is 0 Å². The van der Waals surface area contributed by atoms with Gasteiger partial charge in [0.1, 0.15) is 11.6 Å². The standard InChI is InChI=1S/C15H10BrFN2O2/c16-10-4-5-12(13(20)8-10)15-18-14(19-21-15)7-9-2-1-3-11(17)6-9/h1-6,8,20H,7H2. The summed E-state index contributed by atoms with van der Waals surface area (Å²) in [4.78, 5) is 4.22. The molecule has 21 heavy (non-hydrogen) atoms. The fourth-order valence-electron chi connectivity index (χ4n) is 1.95. The van der Waals surface area contributed by atoms with Gasteiger partial charge in [0.2, 0.25) is 0 Å². The van der Waals surface area contributed by atoms with Gasteiger partial charge in [-0.25, -0.2) is 4.39 Å². The molecular formula is C15H10BrFN2O2. The molecule has 2 aromatic carbocycles. The highest BCUT2D eigenvalue weighted by Gasteiger charge is 2.13. The minimum atomic E-state index is -0.304. The number of phenolic OH excluding ortho intramolecular Hbond substituents is 1. The van der Waals surface area contributed by atoms with E-state index in [2.05, 4.69) is 26.1 Å². The Hall–Kier alpha value is -2.21. The lowest BCUT2D eigenvalue weighted by molar-refractivity contribution is 0.418. The molecule has 0 saturated heterocycles. The fraction of sp³-hybridized carbons (Fsp3) is 0.0667. The molecule has 0 atom stereocenters. The summed E-state index contributed by atoms with van der Waals surface area (Å²) in [5.74, 6) is 0.399. The largest absolute Gasteiger partial charge is 0.507 e. The van der Waals surface area contributed by atoms with Crippen LogP contribution in [0.1, 0.15) is 11.4 Å². The number of halogens is 2. The minimum Gasteiger partial charge on any atom is -0.507 e. The van der Waals surface area contributed by atoms with Crippen LogP contribution in [-0.4, -0.2) is 15.2 Å². The van der Waals surface area contributed by atoms with Crippen LogP contribution in [0.15, 0.2) is 51.5 Å². The second kappa shape index (κ2) is 5.65. The van der Waals surface area contributed by atoms with Crippen molar-refractivity contribution in [2.24, 2.45) is 0 Å². The van der Waals surface area contributed by atoms with Crippen molar-refractivity contribution in [2.75, 3.05) is 0 Å². The maximum Gasteiger partial charge on any atom is 0.261 e. The van der Waals surface area contributed by atoms with E-state index < -0.39 is 0 Å². The van der Waals surface area contributed by atoms with Crippen LogP contribution in [-0.2, 0) is 6.42 Å². The molecule has 0 unspecified atom stereocenters. The molecule has 0 saturated carbocycles. The molecule has 0 amide bonds. The number of rotatable bonds is 3. The Morgan fingerprint density at radius 1 is 1.19 bits per heavy atom. The molecule has 106 valence electrons. The SMILES string of the molecule is Oc1cc(Br)ccc1-c1nc(Cc2cccc(F)c2)no1. The van der Waals surface area contributed by atoms with Gasteiger partial charge in [0.05, 0.1) is 5.56 Å². The summed E-state index contributed by atoms with van der Waals surface area (Å²) in [6.45, 7) is 0. The monoisotopic (exact) mass is 348 g/mol. The summed E-state index contributed by atoms with van der Waals surface area (Å²) in [6.07, 6.45) is 0.360. The van der Waals surface area contributed by atoms with Gasteiger partial charge < -0.3 is 9.63 Å². The first kappa shape index (κ1) is 13.8. The van der Waals surface area contributed by atoms with Crippen LogP contribution in [0.25, 0.3) is 11.5 Å². The van der Waals surface area contributed by atoms with E-state index in [-0.39, 0.29) is 17.5 Å². The van der Waals surface area contributed by atoms with E-state index in [4.69, 9.17) is 4.52 Å². The van der Waals surface area contributed by atoms with Gasteiger partial charge in [-0.1, -0.05) is 33.2 Å². The normalized spacial score (nSPS) is 10.8. The quantitative estimate of drug-likeness (QED) is 0.778. The van der Waals surface area contributed by atoms with Crippen molar-refractivity contribution in [3.8, 4) is 17.2 Å². The van der Waals surface area contributed by atoms with Gasteiger partial charge in [-0.15, -0.1) is 0 Å². The molecule has 4 nitrogen and oxygen atoms in total. The molecule has 6 heteroatoms. The number of hydrogen-bond donors (Lipinski definition) is 1. The molecule has 0 aliphatic rings. The first-order chi connectivity index (χ1) is 10.1. The van der Waals surface area contributed by atoms with Crippen LogP contribution in [0.3, 0.4) is 0 Å². The van der Waals surface area contributed by atoms with E-state index in [0.29, 0.717) is 17.8 Å². The zero-order chi connectivity index (χ0) is 14.8. The van der Waals surface area contributed by atoms with Crippen molar-refractivity contribution in [1.29, 1.82) is 0 Å². The molecule has 0 aliphatic carbocycles. The van der Waals surface area contributed by atoms with Crippen LogP contribution < -0.4 is 0 Å². The topological polar surface area (TPSA) is 59.2 Å². The highest BCUT2D eigenvalue weighted by Crippen LogP contribution is 2.30. The molecule has 3 rings (SSSR count). The third-order valence-electron chi connectivity index (χ3n) is 2.91. The number of phenols is 1. The number of hydrogen-bond acceptors (Lipinski definition) is 4. The van der Waals surface area contributed by atoms with Gasteiger partial charge >= 0.3 is 0 Å². The Kier molecular flexibility index (Phi) is 3.70. The molecular weight excluding hydrogens is 339 g/mol. The molecule has 0 fully saturated rings. The summed E-state index contributed by atoms with van der Waals surface area (Å²) < 4.78 is 19.0. The van der Waals surface area contributed by atoms with Crippen molar-refractivity contribution in [1.82, 2.24) is 10.1 Å². The van der Waals surface area contributed by atoms with Gasteiger partial charge in [-0.05, 0) is 35.9 Å². The Bertz CT molecular complexity index is 789. The van der Waals surface area contributed by atoms with Gasteiger partial charge in [0.25, 0.3) is 5.89 Å². The molecule has 0 aliphatic heterocycles. The van der Waals surface area contributed by atoms with Crippen molar-refractivity contribution >= 4 is 15.9 Å². The lowest BCUT2D eigenvalue weighted by Crippen LogP contribution is -1.91. The number of nitrogens with zero attached hydrogens (tertiary/aromatic N) is 2. The maximum absolute atomic E-state index is 13.1. The predicted octanol–water partition coefficient (Wildman–Crippen LogP) is 3.93. The average molecular weight is 349 g/mol. The van der Waals surface area contributed by atoms with Gasteiger partial charge in [0.15, 0.2) is 5.82 Å². The first-order valence-electron chi connectivity index (χ1n) is 6.18. The molecule has 1 aromatic heterocycles. The summed E-state index contributed by atoms with van der Waals surface area (Å²) in [5, 5.41) is 13.7. The Morgan fingerprint density at radius 3 is 2.81 bits per heavy atom. The Labute approximate surface area is 128 Å². The van der Waals surface area contributed by atoms with Crippen molar-refractivity contribution in [2.45, 2.75) is 6.42 Å². The molecule has 1 N–H and O–H groups in total. The predicted molar refractivity (Wildman–Crippen MR) is 78.3 cm³/mol. The van der Waals surface area contributed by atoms with Crippen LogP contribution >= 0.6 is 15.9 Å². The molecule has 0 spiro atoms. The first-order valence-corrected chi connectivity index (χ1v) is 6.97. The number of benzene rings is 2. The number of aromatic hydroxyl groups is 1. The third-order valence-corrected chi connectivity index (χ3v) is 3.40. The van der Waals surface area contributed by atoms with Crippen LogP contribution in [0, 0.1) is 5.82 Å². The van der Waals surface area contributed by atoms with E-state index in [1.54, 1.807) is 30.3 Å². The molecule has 1 heterocycles. The van der Waals surface area contributed by atoms with Crippen molar-refractivity contribution in [3.63, 3.8) is 0 Å². The van der Waals surface area contributed by atoms with Crippen molar-refractivity contribution in [3.05, 3.63) is 64.1 Å². The van der Waals surface area contributed by atoms with Crippen LogP contribution in [0.4, 0.5) is 4.39 Å². The van der Waals surface area contributed by atoms with E-state index in [0.717, 1.165) is 10.0 Å². The highest BCUT2D eigenvalue weighted by atomic mass is 79.9. The van der Waals surface area contributed by atoms with Crippen LogP contribution in [0.2, 0.25) is 0 Å². The zero-order valence-electron chi connectivity index (χ0n) is 10.8. The fourth-order valence-corrected chi connectivity index (χ4v) is 2.30. The van der Waals surface area contributed by atoms with Gasteiger partial charge in [-0.3, -0.25) is 0 Å². The summed E-state index contributed by atoms with van der Waals surface area (Å²) in [6, 6.07) is 11.2. The maximum atomic E-state index is 13.1. The van der Waals surface area contributed by atoms with Crippen molar-refractivity contribution < 1.29 is 14.0 Å². The van der Waals surface area contributed by atoms with Gasteiger partial charge in [0, 0.05) is 10.9 Å². The summed E-state index contributed by atoms with van der Waals surface area (Å²) >= 11 is 3.26. The molecule has 0 radical (unpaired) electrons. The van der Waals surface area contributed by atoms with Gasteiger partial charge in [-0.2, -0.15) is 4.98 Å². The average Bonchev–Trinajstić information content (AvgIpc) is 2.87. The third kappa shape index (κ3) is 3.11. The van der Waals surface area contributed by atoms with E-state index in [9.17, 15) is 9.50 Å². The summed E-state index contributed by atoms with van der Waals surface area (Å²) in [7, 11) is 0. The molecule has 0 bridgehead atoms. The summed E-state index contributed by atoms with van der Waals surface area (Å²) in [5.41, 5.74) is 1.21. The second-order valence-corrected chi connectivity index (χ2v) is 5.40. The zero-order valence-corrected chi connectivity index (χ0v) is 12.3. The lowest BCUT2D eigenvalue weighted by atomic mass is 10.1. The minimum absolute atomic E-state index is 0.0466. The molecule has 3 aromatic rings. The highest BCUT2D eigenvalue weighted by molar-refractivity contribution is 9.10. The lowest BCUT2D eigenvalue weighted by Gasteiger charge is -1.99. The smallest absolute Gasteiger partial charge is 0.261 e. The number of aromatic nitrogens is 2. The van der Waals surface area contributed by atoms with E-state index in [1.165, 1.54) is 12.1 Å². The Morgan fingerprint density at radius 2 is 2.05 bits per heavy atom. The Balaban J connectivity index is 1.86. The second-order valence-electron chi connectivity index (χ2n) is 4.48. The van der Waals surface area contributed by atoms with Crippen LogP contribution in [0.5, 0.6) is 5.75 Å². The van der Waals surface area contributed by atoms with E-state index >= 15 is 0 Å².